The molecule has 0 bridgehead atoms. The molecule has 0 saturated carbocycles. The summed E-state index contributed by atoms with van der Waals surface area (Å²) in [6.45, 7) is 0. The fraction of sp³-hybridized carbons (Fsp3) is 0. The van der Waals surface area contributed by atoms with Crippen molar-refractivity contribution < 1.29 is 0 Å². The maximum atomic E-state index is 4.36. The van der Waals surface area contributed by atoms with Crippen LogP contribution in [0.1, 0.15) is 0 Å². The first-order chi connectivity index (χ1) is 21.8. The van der Waals surface area contributed by atoms with Gasteiger partial charge in [-0.2, -0.15) is 0 Å². The average Bonchev–Trinajstić information content (AvgIpc) is 3.61. The van der Waals surface area contributed by atoms with Gasteiger partial charge in [0.2, 0.25) is 0 Å². The smallest absolute Gasteiger partial charge is 0.0542 e. The summed E-state index contributed by atoms with van der Waals surface area (Å²) in [7, 11) is 0. The second kappa shape index (κ2) is 9.82. The zero-order valence-corrected chi connectivity index (χ0v) is 23.9. The molecule has 9 rings (SSSR count). The molecular formula is C41H27N3. The number of para-hydroxylation sites is 2. The first kappa shape index (κ1) is 24.6. The van der Waals surface area contributed by atoms with Crippen LogP contribution in [-0.4, -0.2) is 14.1 Å². The Morgan fingerprint density at radius 2 is 0.909 bits per heavy atom. The lowest BCUT2D eigenvalue weighted by Gasteiger charge is -2.11. The fourth-order valence-corrected chi connectivity index (χ4v) is 6.80. The van der Waals surface area contributed by atoms with Crippen molar-refractivity contribution in [3.63, 3.8) is 0 Å². The van der Waals surface area contributed by atoms with Crippen molar-refractivity contribution in [1.82, 2.24) is 14.1 Å². The number of hydrogen-bond acceptors (Lipinski definition) is 1. The molecule has 3 aromatic heterocycles. The van der Waals surface area contributed by atoms with Crippen LogP contribution in [0.3, 0.4) is 0 Å². The zero-order valence-electron chi connectivity index (χ0n) is 23.9. The fourth-order valence-electron chi connectivity index (χ4n) is 6.80. The van der Waals surface area contributed by atoms with Crippen LogP contribution in [0.25, 0.3) is 77.2 Å². The first-order valence-corrected chi connectivity index (χ1v) is 15.0. The number of nitrogens with zero attached hydrogens (tertiary/aromatic N) is 3. The van der Waals surface area contributed by atoms with E-state index in [0.29, 0.717) is 0 Å². The second-order valence-electron chi connectivity index (χ2n) is 11.3. The van der Waals surface area contributed by atoms with E-state index >= 15 is 0 Å². The number of aromatic nitrogens is 3. The monoisotopic (exact) mass is 561 g/mol. The van der Waals surface area contributed by atoms with E-state index in [1.807, 2.05) is 18.5 Å². The maximum Gasteiger partial charge on any atom is 0.0542 e. The van der Waals surface area contributed by atoms with E-state index in [2.05, 4.69) is 160 Å². The van der Waals surface area contributed by atoms with Gasteiger partial charge in [0.05, 0.1) is 22.1 Å². The molecule has 44 heavy (non-hydrogen) atoms. The number of fused-ring (bicyclic) bond motifs is 6. The molecule has 0 radical (unpaired) electrons. The molecule has 3 heteroatoms. The molecule has 3 heterocycles. The summed E-state index contributed by atoms with van der Waals surface area (Å²) >= 11 is 0. The number of rotatable bonds is 4. The molecule has 9 aromatic rings. The SMILES string of the molecule is c1ccc(-c2ccc3c(c2)c2cc(-n4c5ccccc5c5ccccc54)ccc2n3-c2cccc(-c3cccnc3)c2)cc1. The summed E-state index contributed by atoms with van der Waals surface area (Å²) in [5.74, 6) is 0. The van der Waals surface area contributed by atoms with Gasteiger partial charge in [-0.1, -0.05) is 91.0 Å². The number of hydrogen-bond donors (Lipinski definition) is 0. The van der Waals surface area contributed by atoms with E-state index in [-0.39, 0.29) is 0 Å². The molecule has 0 aliphatic heterocycles. The topological polar surface area (TPSA) is 22.8 Å². The van der Waals surface area contributed by atoms with Crippen LogP contribution in [0.4, 0.5) is 0 Å². The molecule has 0 aliphatic rings. The van der Waals surface area contributed by atoms with E-state index in [1.54, 1.807) is 0 Å². The quantitative estimate of drug-likeness (QED) is 0.210. The van der Waals surface area contributed by atoms with Crippen molar-refractivity contribution in [2.45, 2.75) is 0 Å². The van der Waals surface area contributed by atoms with Gasteiger partial charge < -0.3 is 9.13 Å². The third kappa shape index (κ3) is 3.80. The van der Waals surface area contributed by atoms with Crippen molar-refractivity contribution >= 4 is 43.6 Å². The predicted octanol–water partition coefficient (Wildman–Crippen LogP) is 10.6. The van der Waals surface area contributed by atoms with Gasteiger partial charge in [-0.25, -0.2) is 0 Å². The average molecular weight is 562 g/mol. The van der Waals surface area contributed by atoms with Crippen LogP contribution in [0, 0.1) is 0 Å². The van der Waals surface area contributed by atoms with E-state index in [0.717, 1.165) is 22.5 Å². The molecule has 0 saturated heterocycles. The Morgan fingerprint density at radius 1 is 0.341 bits per heavy atom. The van der Waals surface area contributed by atoms with Gasteiger partial charge >= 0.3 is 0 Å². The third-order valence-electron chi connectivity index (χ3n) is 8.79. The summed E-state index contributed by atoms with van der Waals surface area (Å²) in [4.78, 5) is 4.36. The molecule has 3 nitrogen and oxygen atoms in total. The summed E-state index contributed by atoms with van der Waals surface area (Å²) < 4.78 is 4.80. The molecule has 206 valence electrons. The van der Waals surface area contributed by atoms with Gasteiger partial charge in [0.15, 0.2) is 0 Å². The Labute approximate surface area is 254 Å². The summed E-state index contributed by atoms with van der Waals surface area (Å²) in [5.41, 5.74) is 11.8. The van der Waals surface area contributed by atoms with Gasteiger partial charge in [-0.15, -0.1) is 0 Å². The molecule has 0 aliphatic carbocycles. The van der Waals surface area contributed by atoms with Crippen molar-refractivity contribution in [2.24, 2.45) is 0 Å². The van der Waals surface area contributed by atoms with Crippen LogP contribution >= 0.6 is 0 Å². The van der Waals surface area contributed by atoms with E-state index in [9.17, 15) is 0 Å². The summed E-state index contributed by atoms with van der Waals surface area (Å²) in [6, 6.07) is 54.7. The minimum Gasteiger partial charge on any atom is -0.309 e. The van der Waals surface area contributed by atoms with Gasteiger partial charge in [0.1, 0.15) is 0 Å². The van der Waals surface area contributed by atoms with Gasteiger partial charge in [-0.05, 0) is 77.4 Å². The van der Waals surface area contributed by atoms with Gasteiger partial charge in [0.25, 0.3) is 0 Å². The van der Waals surface area contributed by atoms with Crippen molar-refractivity contribution in [2.75, 3.05) is 0 Å². The Kier molecular flexibility index (Phi) is 5.50. The number of pyridine rings is 1. The molecule has 0 N–H and O–H groups in total. The molecule has 0 unspecified atom stereocenters. The molecular weight excluding hydrogens is 534 g/mol. The van der Waals surface area contributed by atoms with Crippen LogP contribution in [0.5, 0.6) is 0 Å². The number of benzene rings is 6. The highest BCUT2D eigenvalue weighted by Gasteiger charge is 2.17. The molecule has 0 atom stereocenters. The lowest BCUT2D eigenvalue weighted by Crippen LogP contribution is -1.96. The first-order valence-electron chi connectivity index (χ1n) is 15.0. The lowest BCUT2D eigenvalue weighted by molar-refractivity contribution is 1.16. The van der Waals surface area contributed by atoms with Crippen LogP contribution in [0.2, 0.25) is 0 Å². The van der Waals surface area contributed by atoms with Crippen molar-refractivity contribution in [1.29, 1.82) is 0 Å². The van der Waals surface area contributed by atoms with Crippen LogP contribution < -0.4 is 0 Å². The lowest BCUT2D eigenvalue weighted by atomic mass is 10.0. The molecule has 0 spiro atoms. The minimum atomic E-state index is 1.11. The summed E-state index contributed by atoms with van der Waals surface area (Å²) in [6.07, 6.45) is 3.74. The molecule has 6 aromatic carbocycles. The Morgan fingerprint density at radius 3 is 1.64 bits per heavy atom. The van der Waals surface area contributed by atoms with E-state index in [4.69, 9.17) is 0 Å². The van der Waals surface area contributed by atoms with Crippen LogP contribution in [0.15, 0.2) is 164 Å². The summed E-state index contributed by atoms with van der Waals surface area (Å²) in [5, 5.41) is 4.99. The van der Waals surface area contributed by atoms with Crippen LogP contribution in [-0.2, 0) is 0 Å². The largest absolute Gasteiger partial charge is 0.309 e. The Bertz CT molecular complexity index is 2430. The standard InChI is InChI=1S/C41H27N3/c1-2-10-28(11-3-1)30-19-21-40-36(25-30)37-26-33(44-38-17-6-4-15-34(38)35-16-5-7-18-39(35)44)20-22-41(37)43(40)32-14-8-12-29(24-32)31-13-9-23-42-27-31/h1-27H. The highest BCUT2D eigenvalue weighted by molar-refractivity contribution is 6.13. The third-order valence-corrected chi connectivity index (χ3v) is 8.79. The van der Waals surface area contributed by atoms with Gasteiger partial charge in [-0.3, -0.25) is 4.98 Å². The second-order valence-corrected chi connectivity index (χ2v) is 11.3. The highest BCUT2D eigenvalue weighted by Crippen LogP contribution is 2.38. The zero-order chi connectivity index (χ0) is 29.0. The normalized spacial score (nSPS) is 11.6. The van der Waals surface area contributed by atoms with E-state index < -0.39 is 0 Å². The highest BCUT2D eigenvalue weighted by atomic mass is 15.0. The Hall–Kier alpha value is -5.93. The predicted molar refractivity (Wildman–Crippen MR) is 184 cm³/mol. The van der Waals surface area contributed by atoms with Crippen molar-refractivity contribution in [3.8, 4) is 33.6 Å². The van der Waals surface area contributed by atoms with Crippen molar-refractivity contribution in [3.05, 3.63) is 164 Å². The minimum absolute atomic E-state index is 1.11. The maximum absolute atomic E-state index is 4.36. The van der Waals surface area contributed by atoms with E-state index in [1.165, 1.54) is 54.7 Å². The Balaban J connectivity index is 1.34. The molecule has 0 fully saturated rings. The molecule has 0 amide bonds. The van der Waals surface area contributed by atoms with Gasteiger partial charge in [0, 0.05) is 50.9 Å².